The maximum atomic E-state index is 5.59. The van der Waals surface area contributed by atoms with E-state index in [0.717, 1.165) is 42.1 Å². The first kappa shape index (κ1) is 13.6. The van der Waals surface area contributed by atoms with Gasteiger partial charge in [-0.15, -0.1) is 0 Å². The molecule has 18 heavy (non-hydrogen) atoms. The van der Waals surface area contributed by atoms with E-state index in [1.165, 1.54) is 5.56 Å². The average molecular weight is 316 g/mol. The fourth-order valence-corrected chi connectivity index (χ4v) is 2.44. The van der Waals surface area contributed by atoms with Crippen LogP contribution in [0.2, 0.25) is 0 Å². The van der Waals surface area contributed by atoms with Gasteiger partial charge in [-0.3, -0.25) is 0 Å². The summed E-state index contributed by atoms with van der Waals surface area (Å²) in [5.74, 6) is 1.63. The zero-order valence-electron chi connectivity index (χ0n) is 10.5. The zero-order valence-corrected chi connectivity index (χ0v) is 12.1. The molecule has 2 rings (SSSR count). The first-order chi connectivity index (χ1) is 8.81. The van der Waals surface area contributed by atoms with E-state index in [0.29, 0.717) is 13.2 Å². The van der Waals surface area contributed by atoms with Crippen molar-refractivity contribution in [2.75, 3.05) is 33.5 Å². The minimum atomic E-state index is 0.611. The molecule has 1 N–H and O–H groups in total. The molecular weight excluding hydrogens is 298 g/mol. The molecule has 5 heteroatoms. The molecule has 0 amide bonds. The second-order valence-electron chi connectivity index (χ2n) is 4.12. The van der Waals surface area contributed by atoms with Crippen LogP contribution in [0.15, 0.2) is 16.6 Å². The predicted molar refractivity (Wildman–Crippen MR) is 73.3 cm³/mol. The van der Waals surface area contributed by atoms with Crippen LogP contribution in [0.5, 0.6) is 11.5 Å². The van der Waals surface area contributed by atoms with Crippen molar-refractivity contribution in [2.24, 2.45) is 0 Å². The van der Waals surface area contributed by atoms with Gasteiger partial charge in [0, 0.05) is 20.3 Å². The van der Waals surface area contributed by atoms with Crippen LogP contribution in [0.25, 0.3) is 0 Å². The first-order valence-electron chi connectivity index (χ1n) is 6.09. The fraction of sp³-hybridized carbons (Fsp3) is 0.538. The van der Waals surface area contributed by atoms with Crippen LogP contribution < -0.4 is 14.8 Å². The number of nitrogens with one attached hydrogen (secondary N) is 1. The second kappa shape index (κ2) is 6.97. The van der Waals surface area contributed by atoms with Gasteiger partial charge in [-0.1, -0.05) is 0 Å². The molecule has 0 bridgehead atoms. The van der Waals surface area contributed by atoms with Crippen molar-refractivity contribution in [1.29, 1.82) is 0 Å². The van der Waals surface area contributed by atoms with Crippen molar-refractivity contribution in [3.63, 3.8) is 0 Å². The van der Waals surface area contributed by atoms with Gasteiger partial charge in [-0.2, -0.15) is 0 Å². The highest BCUT2D eigenvalue weighted by Crippen LogP contribution is 2.38. The van der Waals surface area contributed by atoms with Crippen LogP contribution >= 0.6 is 15.9 Å². The first-order valence-corrected chi connectivity index (χ1v) is 6.88. The summed E-state index contributed by atoms with van der Waals surface area (Å²) in [6.45, 7) is 3.78. The van der Waals surface area contributed by atoms with Crippen LogP contribution in [-0.2, 0) is 11.3 Å². The van der Waals surface area contributed by atoms with Crippen molar-refractivity contribution in [2.45, 2.75) is 13.0 Å². The second-order valence-corrected chi connectivity index (χ2v) is 4.98. The molecule has 1 aromatic rings. The Morgan fingerprint density at radius 1 is 1.33 bits per heavy atom. The Balaban J connectivity index is 1.91. The molecule has 1 heterocycles. The molecule has 1 aliphatic heterocycles. The Bertz CT molecular complexity index is 398. The number of ether oxygens (including phenoxy) is 3. The van der Waals surface area contributed by atoms with Crippen LogP contribution in [0, 0.1) is 0 Å². The summed E-state index contributed by atoms with van der Waals surface area (Å²) in [6.07, 6.45) is 1.02. The third kappa shape index (κ3) is 3.60. The van der Waals surface area contributed by atoms with E-state index in [2.05, 4.69) is 27.3 Å². The molecule has 1 aromatic carbocycles. The molecule has 0 atom stereocenters. The van der Waals surface area contributed by atoms with Crippen molar-refractivity contribution >= 4 is 15.9 Å². The number of halogens is 1. The molecular formula is C13H18BrNO3. The molecule has 4 nitrogen and oxygen atoms in total. The lowest BCUT2D eigenvalue weighted by atomic mass is 10.2. The van der Waals surface area contributed by atoms with Gasteiger partial charge in [-0.05, 0) is 46.6 Å². The summed E-state index contributed by atoms with van der Waals surface area (Å²) in [5, 5.41) is 3.37. The Morgan fingerprint density at radius 2 is 2.17 bits per heavy atom. The van der Waals surface area contributed by atoms with Gasteiger partial charge in [0.2, 0.25) is 0 Å². The van der Waals surface area contributed by atoms with Crippen LogP contribution in [0.1, 0.15) is 12.0 Å². The molecule has 100 valence electrons. The lowest BCUT2D eigenvalue weighted by molar-refractivity contribution is 0.170. The average Bonchev–Trinajstić information content (AvgIpc) is 2.39. The quantitative estimate of drug-likeness (QED) is 0.818. The lowest BCUT2D eigenvalue weighted by Crippen LogP contribution is -2.18. The highest BCUT2D eigenvalue weighted by molar-refractivity contribution is 9.10. The lowest BCUT2D eigenvalue weighted by Gasteiger charge is -2.20. The van der Waals surface area contributed by atoms with Crippen molar-refractivity contribution in [3.8, 4) is 11.5 Å². The van der Waals surface area contributed by atoms with E-state index in [4.69, 9.17) is 14.2 Å². The highest BCUT2D eigenvalue weighted by atomic mass is 79.9. The van der Waals surface area contributed by atoms with E-state index in [-0.39, 0.29) is 0 Å². The smallest absolute Gasteiger partial charge is 0.175 e. The van der Waals surface area contributed by atoms with Crippen molar-refractivity contribution in [3.05, 3.63) is 22.2 Å². The minimum absolute atomic E-state index is 0.611. The van der Waals surface area contributed by atoms with E-state index in [1.807, 2.05) is 6.07 Å². The maximum absolute atomic E-state index is 5.59. The molecule has 0 spiro atoms. The molecule has 0 saturated carbocycles. The van der Waals surface area contributed by atoms with E-state index >= 15 is 0 Å². The van der Waals surface area contributed by atoms with Crippen molar-refractivity contribution < 1.29 is 14.2 Å². The monoisotopic (exact) mass is 315 g/mol. The van der Waals surface area contributed by atoms with Gasteiger partial charge >= 0.3 is 0 Å². The number of methoxy groups -OCH3 is 1. The van der Waals surface area contributed by atoms with Crippen LogP contribution in [0.4, 0.5) is 0 Å². The summed E-state index contributed by atoms with van der Waals surface area (Å²) >= 11 is 3.51. The topological polar surface area (TPSA) is 39.7 Å². The normalized spacial score (nSPS) is 13.7. The Hall–Kier alpha value is -0.780. The third-order valence-electron chi connectivity index (χ3n) is 2.69. The summed E-state index contributed by atoms with van der Waals surface area (Å²) in [5.41, 5.74) is 1.18. The SMILES string of the molecule is COCCCNCc1cc(Br)c2c(c1)OCCO2. The molecule has 0 aliphatic carbocycles. The number of rotatable bonds is 6. The van der Waals surface area contributed by atoms with Gasteiger partial charge in [0.15, 0.2) is 11.5 Å². The molecule has 0 fully saturated rings. The maximum Gasteiger partial charge on any atom is 0.175 e. The highest BCUT2D eigenvalue weighted by Gasteiger charge is 2.15. The minimum Gasteiger partial charge on any atom is -0.486 e. The molecule has 0 aromatic heterocycles. The summed E-state index contributed by atoms with van der Waals surface area (Å²) < 4.78 is 17.1. The molecule has 0 radical (unpaired) electrons. The molecule has 1 aliphatic rings. The third-order valence-corrected chi connectivity index (χ3v) is 3.28. The van der Waals surface area contributed by atoms with E-state index in [1.54, 1.807) is 7.11 Å². The van der Waals surface area contributed by atoms with Crippen LogP contribution in [-0.4, -0.2) is 33.5 Å². The number of hydrogen-bond donors (Lipinski definition) is 1. The van der Waals surface area contributed by atoms with Crippen molar-refractivity contribution in [1.82, 2.24) is 5.32 Å². The van der Waals surface area contributed by atoms with Gasteiger partial charge < -0.3 is 19.5 Å². The number of benzene rings is 1. The Morgan fingerprint density at radius 3 is 3.00 bits per heavy atom. The summed E-state index contributed by atoms with van der Waals surface area (Å²) in [6, 6.07) is 4.10. The Labute approximate surface area is 116 Å². The van der Waals surface area contributed by atoms with Gasteiger partial charge in [-0.25, -0.2) is 0 Å². The van der Waals surface area contributed by atoms with E-state index in [9.17, 15) is 0 Å². The van der Waals surface area contributed by atoms with Gasteiger partial charge in [0.05, 0.1) is 4.47 Å². The number of fused-ring (bicyclic) bond motifs is 1. The number of hydrogen-bond acceptors (Lipinski definition) is 4. The summed E-state index contributed by atoms with van der Waals surface area (Å²) in [4.78, 5) is 0. The fourth-order valence-electron chi connectivity index (χ4n) is 1.84. The zero-order chi connectivity index (χ0) is 12.8. The molecule has 0 saturated heterocycles. The predicted octanol–water partition coefficient (Wildman–Crippen LogP) is 2.35. The van der Waals surface area contributed by atoms with Crippen LogP contribution in [0.3, 0.4) is 0 Å². The van der Waals surface area contributed by atoms with E-state index < -0.39 is 0 Å². The largest absolute Gasteiger partial charge is 0.486 e. The van der Waals surface area contributed by atoms with Gasteiger partial charge in [0.1, 0.15) is 13.2 Å². The summed E-state index contributed by atoms with van der Waals surface area (Å²) in [7, 11) is 1.72. The van der Waals surface area contributed by atoms with Gasteiger partial charge in [0.25, 0.3) is 0 Å². The molecule has 0 unspecified atom stereocenters. The Kier molecular flexibility index (Phi) is 5.28. The standard InChI is InChI=1S/C13H18BrNO3/c1-16-4-2-3-15-9-10-7-11(14)13-12(8-10)17-5-6-18-13/h7-8,15H,2-6,9H2,1H3.